The van der Waals surface area contributed by atoms with Gasteiger partial charge in [0.2, 0.25) is 0 Å². The first-order valence-corrected chi connectivity index (χ1v) is 13.1. The molecule has 2 aliphatic carbocycles. The fourth-order valence-electron chi connectivity index (χ4n) is 5.23. The van der Waals surface area contributed by atoms with Crippen molar-refractivity contribution in [1.29, 1.82) is 0 Å². The van der Waals surface area contributed by atoms with Gasteiger partial charge < -0.3 is 19.6 Å². The number of nitrogens with zero attached hydrogens (tertiary/aromatic N) is 1. The molecule has 0 spiro atoms. The van der Waals surface area contributed by atoms with Crippen LogP contribution in [0.3, 0.4) is 0 Å². The second-order valence-electron chi connectivity index (χ2n) is 10.2. The number of aliphatic hydroxyl groups excluding tert-OH is 1. The standard InChI is InChI=1S/C30H30F2N2O3/c31-25-16-26-29(34-30(33-26)37-23-4-2-1-3-5-23)28(32)27(25)21-12-10-20(11-13-21)19-8-6-18(7-9-19)17-36-24-14-22(35)15-24/h6-13,16,22-24,35H,1-5,14-15,17H2,(H,33,34). The third kappa shape index (κ3) is 5.11. The van der Waals surface area contributed by atoms with E-state index < -0.39 is 11.6 Å². The van der Waals surface area contributed by atoms with E-state index in [1.165, 1.54) is 12.5 Å². The molecule has 3 aromatic carbocycles. The minimum atomic E-state index is -0.694. The highest BCUT2D eigenvalue weighted by atomic mass is 19.1. The van der Waals surface area contributed by atoms with E-state index in [-0.39, 0.29) is 35.4 Å². The minimum absolute atomic E-state index is 0.0626. The predicted molar refractivity (Wildman–Crippen MR) is 138 cm³/mol. The Kier molecular flexibility index (Phi) is 6.65. The predicted octanol–water partition coefficient (Wildman–Crippen LogP) is 6.93. The van der Waals surface area contributed by atoms with Crippen molar-refractivity contribution < 1.29 is 23.4 Å². The van der Waals surface area contributed by atoms with Crippen LogP contribution in [-0.4, -0.2) is 33.4 Å². The highest BCUT2D eigenvalue weighted by Gasteiger charge is 2.27. The first-order chi connectivity index (χ1) is 18.0. The topological polar surface area (TPSA) is 67.4 Å². The summed E-state index contributed by atoms with van der Waals surface area (Å²) in [5.41, 5.74) is 3.74. The average molecular weight is 505 g/mol. The van der Waals surface area contributed by atoms with E-state index in [2.05, 4.69) is 9.97 Å². The molecule has 4 aromatic rings. The van der Waals surface area contributed by atoms with Crippen LogP contribution in [0.5, 0.6) is 6.01 Å². The van der Waals surface area contributed by atoms with Crippen molar-refractivity contribution in [3.63, 3.8) is 0 Å². The summed E-state index contributed by atoms with van der Waals surface area (Å²) in [6.45, 7) is 0.512. The number of halogens is 2. The van der Waals surface area contributed by atoms with Crippen molar-refractivity contribution >= 4 is 11.0 Å². The lowest BCUT2D eigenvalue weighted by atomic mass is 9.92. The van der Waals surface area contributed by atoms with E-state index in [0.717, 1.165) is 42.4 Å². The Morgan fingerprint density at radius 2 is 1.51 bits per heavy atom. The second kappa shape index (κ2) is 10.2. The fraction of sp³-hybridized carbons (Fsp3) is 0.367. The maximum absolute atomic E-state index is 15.5. The van der Waals surface area contributed by atoms with Crippen LogP contribution in [0.2, 0.25) is 0 Å². The van der Waals surface area contributed by atoms with Gasteiger partial charge in [0, 0.05) is 6.07 Å². The highest BCUT2D eigenvalue weighted by molar-refractivity contribution is 5.84. The molecule has 0 radical (unpaired) electrons. The Morgan fingerprint density at radius 3 is 2.19 bits per heavy atom. The Bertz CT molecular complexity index is 1370. The lowest BCUT2D eigenvalue weighted by molar-refractivity contribution is -0.0778. The van der Waals surface area contributed by atoms with Gasteiger partial charge >= 0.3 is 0 Å². The summed E-state index contributed by atoms with van der Waals surface area (Å²) in [6.07, 6.45) is 6.71. The molecule has 1 aromatic heterocycles. The third-order valence-corrected chi connectivity index (χ3v) is 7.49. The number of imidazole rings is 1. The van der Waals surface area contributed by atoms with E-state index in [0.29, 0.717) is 30.5 Å². The Labute approximate surface area is 214 Å². The summed E-state index contributed by atoms with van der Waals surface area (Å²) in [4.78, 5) is 7.23. The summed E-state index contributed by atoms with van der Waals surface area (Å²) < 4.78 is 42.2. The van der Waals surface area contributed by atoms with Gasteiger partial charge in [-0.25, -0.2) is 8.78 Å². The molecule has 0 atom stereocenters. The molecule has 0 unspecified atom stereocenters. The normalized spacial score (nSPS) is 20.2. The SMILES string of the molecule is OC1CC(OCc2ccc(-c3ccc(-c4c(F)cc5[nH]c(OC6CCCCC6)nc5c4F)cc3)cc2)C1. The number of nitrogens with one attached hydrogen (secondary N) is 1. The molecular formula is C30H30F2N2O3. The summed E-state index contributed by atoms with van der Waals surface area (Å²) in [6, 6.07) is 16.7. The van der Waals surface area contributed by atoms with Crippen molar-refractivity contribution in [2.75, 3.05) is 0 Å². The third-order valence-electron chi connectivity index (χ3n) is 7.49. The number of aromatic nitrogens is 2. The fourth-order valence-corrected chi connectivity index (χ4v) is 5.23. The van der Waals surface area contributed by atoms with E-state index >= 15 is 8.78 Å². The van der Waals surface area contributed by atoms with Crippen molar-refractivity contribution in [3.05, 3.63) is 71.8 Å². The Hall–Kier alpha value is -3.29. The number of fused-ring (bicyclic) bond motifs is 1. The van der Waals surface area contributed by atoms with Crippen LogP contribution in [0.4, 0.5) is 8.78 Å². The molecule has 2 aliphatic rings. The van der Waals surface area contributed by atoms with E-state index in [4.69, 9.17) is 9.47 Å². The molecule has 2 fully saturated rings. The molecule has 37 heavy (non-hydrogen) atoms. The molecular weight excluding hydrogens is 474 g/mol. The monoisotopic (exact) mass is 504 g/mol. The van der Waals surface area contributed by atoms with Crippen molar-refractivity contribution in [1.82, 2.24) is 9.97 Å². The van der Waals surface area contributed by atoms with Gasteiger partial charge in [0.15, 0.2) is 5.82 Å². The van der Waals surface area contributed by atoms with Gasteiger partial charge in [0.1, 0.15) is 17.4 Å². The number of hydrogen-bond acceptors (Lipinski definition) is 4. The van der Waals surface area contributed by atoms with Crippen LogP contribution in [0.25, 0.3) is 33.3 Å². The largest absolute Gasteiger partial charge is 0.461 e. The number of H-pyrrole nitrogens is 1. The molecule has 0 aliphatic heterocycles. The molecule has 0 amide bonds. The number of benzene rings is 3. The molecule has 6 rings (SSSR count). The molecule has 7 heteroatoms. The maximum Gasteiger partial charge on any atom is 0.294 e. The molecule has 2 saturated carbocycles. The van der Waals surface area contributed by atoms with E-state index in [1.54, 1.807) is 12.1 Å². The van der Waals surface area contributed by atoms with Gasteiger partial charge in [-0.05, 0) is 60.8 Å². The zero-order chi connectivity index (χ0) is 25.4. The average Bonchev–Trinajstić information content (AvgIpc) is 3.30. The van der Waals surface area contributed by atoms with Gasteiger partial charge in [-0.2, -0.15) is 4.98 Å². The second-order valence-corrected chi connectivity index (χ2v) is 10.2. The Balaban J connectivity index is 1.18. The van der Waals surface area contributed by atoms with Crippen LogP contribution in [0, 0.1) is 11.6 Å². The molecule has 0 bridgehead atoms. The Morgan fingerprint density at radius 1 is 0.865 bits per heavy atom. The first-order valence-electron chi connectivity index (χ1n) is 13.1. The summed E-state index contributed by atoms with van der Waals surface area (Å²) in [7, 11) is 0. The minimum Gasteiger partial charge on any atom is -0.461 e. The molecule has 2 N–H and O–H groups in total. The molecule has 5 nitrogen and oxygen atoms in total. The van der Waals surface area contributed by atoms with Gasteiger partial charge in [0.05, 0.1) is 29.9 Å². The van der Waals surface area contributed by atoms with E-state index in [9.17, 15) is 5.11 Å². The first kappa shape index (κ1) is 24.1. The molecule has 192 valence electrons. The van der Waals surface area contributed by atoms with Crippen LogP contribution >= 0.6 is 0 Å². The van der Waals surface area contributed by atoms with Crippen LogP contribution in [0.15, 0.2) is 54.6 Å². The van der Waals surface area contributed by atoms with Crippen molar-refractivity contribution in [3.8, 4) is 28.3 Å². The van der Waals surface area contributed by atoms with Gasteiger partial charge in [-0.3, -0.25) is 0 Å². The van der Waals surface area contributed by atoms with E-state index in [1.807, 2.05) is 36.4 Å². The van der Waals surface area contributed by atoms with Crippen LogP contribution < -0.4 is 4.74 Å². The van der Waals surface area contributed by atoms with Crippen LogP contribution in [-0.2, 0) is 11.3 Å². The number of aliphatic hydroxyl groups is 1. The van der Waals surface area contributed by atoms with Gasteiger partial charge in [0.25, 0.3) is 6.01 Å². The lowest BCUT2D eigenvalue weighted by Gasteiger charge is -2.31. The van der Waals surface area contributed by atoms with Crippen LogP contribution in [0.1, 0.15) is 50.5 Å². The molecule has 1 heterocycles. The van der Waals surface area contributed by atoms with Gasteiger partial charge in [-0.1, -0.05) is 55.0 Å². The number of aromatic amines is 1. The van der Waals surface area contributed by atoms with Crippen molar-refractivity contribution in [2.24, 2.45) is 0 Å². The zero-order valence-corrected chi connectivity index (χ0v) is 20.6. The summed E-state index contributed by atoms with van der Waals surface area (Å²) in [5.74, 6) is -1.34. The smallest absolute Gasteiger partial charge is 0.294 e. The quantitative estimate of drug-likeness (QED) is 0.287. The maximum atomic E-state index is 15.5. The number of rotatable bonds is 7. The van der Waals surface area contributed by atoms with Gasteiger partial charge in [-0.15, -0.1) is 0 Å². The lowest BCUT2D eigenvalue weighted by Crippen LogP contribution is -2.35. The number of hydrogen-bond donors (Lipinski definition) is 2. The zero-order valence-electron chi connectivity index (χ0n) is 20.6. The summed E-state index contributed by atoms with van der Waals surface area (Å²) in [5, 5.41) is 9.37. The highest BCUT2D eigenvalue weighted by Crippen LogP contribution is 2.34. The van der Waals surface area contributed by atoms with Crippen molar-refractivity contribution in [2.45, 2.75) is 69.9 Å². The molecule has 0 saturated heterocycles. The summed E-state index contributed by atoms with van der Waals surface area (Å²) >= 11 is 0. The number of ether oxygens (including phenoxy) is 2.